The van der Waals surface area contributed by atoms with E-state index in [9.17, 15) is 4.79 Å². The minimum atomic E-state index is -0.926. The summed E-state index contributed by atoms with van der Waals surface area (Å²) in [4.78, 5) is 10.9. The molecule has 0 aromatic rings. The minimum Gasteiger partial charge on any atom is -1.00 e. The summed E-state index contributed by atoms with van der Waals surface area (Å²) in [6.45, 7) is 2.15. The van der Waals surface area contributed by atoms with Gasteiger partial charge in [-0.05, 0) is 6.42 Å². The van der Waals surface area contributed by atoms with Crippen LogP contribution in [0.25, 0.3) is 0 Å². The molecule has 0 amide bonds. The quantitative estimate of drug-likeness (QED) is 0.173. The van der Waals surface area contributed by atoms with Crippen molar-refractivity contribution in [2.24, 2.45) is 17.2 Å². The zero-order valence-electron chi connectivity index (χ0n) is 15.7. The van der Waals surface area contributed by atoms with E-state index in [0.717, 1.165) is 12.8 Å². The Morgan fingerprint density at radius 2 is 1.41 bits per heavy atom. The first kappa shape index (κ1) is 24.6. The molecular weight excluding hydrogens is 289 g/mol. The molecule has 0 aliphatic heterocycles. The van der Waals surface area contributed by atoms with Crippen LogP contribution in [0, 0.1) is 0 Å². The van der Waals surface area contributed by atoms with Crippen molar-refractivity contribution < 1.29 is 40.5 Å². The standard InChI is InChI=1S/C16H35N3O2.Na.H/c1-2-3-4-5-6-7-8-9-10-11-12-16(18,19)14-21-15(20)13-17;;/h2-14,17-19H2,1H3;;/q;+1;-1. The fourth-order valence-electron chi connectivity index (χ4n) is 2.29. The van der Waals surface area contributed by atoms with Crippen molar-refractivity contribution in [3.8, 4) is 0 Å². The van der Waals surface area contributed by atoms with Gasteiger partial charge in [0.15, 0.2) is 0 Å². The van der Waals surface area contributed by atoms with Crippen LogP contribution in [0.15, 0.2) is 0 Å². The van der Waals surface area contributed by atoms with Gasteiger partial charge < -0.3 is 23.4 Å². The van der Waals surface area contributed by atoms with E-state index in [1.807, 2.05) is 0 Å². The van der Waals surface area contributed by atoms with Crippen LogP contribution in [0.5, 0.6) is 0 Å². The van der Waals surface area contributed by atoms with Crippen molar-refractivity contribution in [1.82, 2.24) is 0 Å². The number of unbranched alkanes of at least 4 members (excludes halogenated alkanes) is 9. The molecule has 0 radical (unpaired) electrons. The number of carbonyl (C=O) groups is 1. The monoisotopic (exact) mass is 325 g/mol. The van der Waals surface area contributed by atoms with Crippen molar-refractivity contribution in [3.63, 3.8) is 0 Å². The predicted octanol–water partition coefficient (Wildman–Crippen LogP) is -0.470. The molecule has 128 valence electrons. The van der Waals surface area contributed by atoms with Gasteiger partial charge in [0.1, 0.15) is 6.61 Å². The number of hydrogen-bond acceptors (Lipinski definition) is 5. The summed E-state index contributed by atoms with van der Waals surface area (Å²) in [5.74, 6) is -0.460. The molecule has 0 atom stereocenters. The second kappa shape index (κ2) is 16.2. The van der Waals surface area contributed by atoms with Gasteiger partial charge >= 0.3 is 35.5 Å². The van der Waals surface area contributed by atoms with Gasteiger partial charge in [0.25, 0.3) is 0 Å². The molecule has 0 spiro atoms. The van der Waals surface area contributed by atoms with Gasteiger partial charge in [0.2, 0.25) is 0 Å². The van der Waals surface area contributed by atoms with Crippen LogP contribution in [0.1, 0.15) is 79.0 Å². The van der Waals surface area contributed by atoms with E-state index in [1.54, 1.807) is 0 Å². The summed E-state index contributed by atoms with van der Waals surface area (Å²) in [6, 6.07) is 0. The molecule has 22 heavy (non-hydrogen) atoms. The van der Waals surface area contributed by atoms with E-state index in [4.69, 9.17) is 21.9 Å². The van der Waals surface area contributed by atoms with Crippen LogP contribution < -0.4 is 46.8 Å². The molecule has 0 bridgehead atoms. The van der Waals surface area contributed by atoms with Crippen molar-refractivity contribution in [2.75, 3.05) is 13.2 Å². The average Bonchev–Trinajstić information content (AvgIpc) is 2.46. The molecule has 0 aromatic carbocycles. The molecule has 0 heterocycles. The summed E-state index contributed by atoms with van der Waals surface area (Å²) >= 11 is 0. The second-order valence-electron chi connectivity index (χ2n) is 6.03. The molecule has 6 heteroatoms. The average molecular weight is 325 g/mol. The van der Waals surface area contributed by atoms with Gasteiger partial charge in [-0.15, -0.1) is 0 Å². The number of ether oxygens (including phenoxy) is 1. The molecule has 0 aromatic heterocycles. The van der Waals surface area contributed by atoms with E-state index in [-0.39, 0.29) is 44.1 Å². The third-order valence-corrected chi connectivity index (χ3v) is 3.66. The predicted molar refractivity (Wildman–Crippen MR) is 88.7 cm³/mol. The van der Waals surface area contributed by atoms with E-state index in [1.165, 1.54) is 51.4 Å². The normalized spacial score (nSPS) is 11.1. The Morgan fingerprint density at radius 3 is 1.86 bits per heavy atom. The van der Waals surface area contributed by atoms with Crippen LogP contribution in [0.4, 0.5) is 0 Å². The van der Waals surface area contributed by atoms with Crippen LogP contribution in [-0.4, -0.2) is 24.8 Å². The van der Waals surface area contributed by atoms with Crippen LogP contribution >= 0.6 is 0 Å². The van der Waals surface area contributed by atoms with E-state index >= 15 is 0 Å². The zero-order valence-corrected chi connectivity index (χ0v) is 16.7. The topological polar surface area (TPSA) is 104 Å². The molecule has 6 N–H and O–H groups in total. The Labute approximate surface area is 159 Å². The van der Waals surface area contributed by atoms with Crippen LogP contribution in [0.2, 0.25) is 0 Å². The third-order valence-electron chi connectivity index (χ3n) is 3.66. The maximum atomic E-state index is 10.9. The Bertz CT molecular complexity index is 270. The summed E-state index contributed by atoms with van der Waals surface area (Å²) < 4.78 is 4.88. The Hall–Kier alpha value is 0.350. The first-order valence-electron chi connectivity index (χ1n) is 8.45. The molecule has 5 nitrogen and oxygen atoms in total. The summed E-state index contributed by atoms with van der Waals surface area (Å²) in [5.41, 5.74) is 16.0. The zero-order chi connectivity index (χ0) is 16.0. The number of esters is 1. The van der Waals surface area contributed by atoms with Crippen molar-refractivity contribution in [1.29, 1.82) is 0 Å². The Balaban J connectivity index is -0.00000200. The Kier molecular flexibility index (Phi) is 18.1. The van der Waals surface area contributed by atoms with Gasteiger partial charge in [-0.1, -0.05) is 71.1 Å². The van der Waals surface area contributed by atoms with Crippen LogP contribution in [0.3, 0.4) is 0 Å². The third kappa shape index (κ3) is 16.7. The number of nitrogens with two attached hydrogens (primary N) is 3. The first-order valence-corrected chi connectivity index (χ1v) is 8.45. The van der Waals surface area contributed by atoms with Crippen molar-refractivity contribution in [3.05, 3.63) is 0 Å². The molecule has 0 aliphatic carbocycles. The summed E-state index contributed by atoms with van der Waals surface area (Å²) in [7, 11) is 0. The summed E-state index contributed by atoms with van der Waals surface area (Å²) in [6.07, 6.45) is 13.4. The second-order valence-corrected chi connectivity index (χ2v) is 6.03. The maximum absolute atomic E-state index is 10.9. The largest absolute Gasteiger partial charge is 1.00 e. The molecule has 0 fully saturated rings. The molecule has 0 aliphatic rings. The van der Waals surface area contributed by atoms with E-state index < -0.39 is 11.6 Å². The SMILES string of the molecule is CCCCCCCCCCCCC(N)(N)COC(=O)CN.[H-].[Na+]. The number of carbonyl (C=O) groups excluding carboxylic acids is 1. The Morgan fingerprint density at radius 1 is 0.955 bits per heavy atom. The maximum Gasteiger partial charge on any atom is 1.00 e. The first-order chi connectivity index (χ1) is 10.0. The number of hydrogen-bond donors (Lipinski definition) is 3. The van der Waals surface area contributed by atoms with Crippen molar-refractivity contribution in [2.45, 2.75) is 83.2 Å². The minimum absolute atomic E-state index is 0. The van der Waals surface area contributed by atoms with Gasteiger partial charge in [-0.3, -0.25) is 4.79 Å². The fraction of sp³-hybridized carbons (Fsp3) is 0.938. The van der Waals surface area contributed by atoms with Crippen molar-refractivity contribution >= 4 is 5.97 Å². The molecule has 0 saturated carbocycles. The van der Waals surface area contributed by atoms with Gasteiger partial charge in [-0.25, -0.2) is 0 Å². The van der Waals surface area contributed by atoms with Gasteiger partial charge in [0.05, 0.1) is 12.2 Å². The molecular formula is C16H36N3NaO2. The van der Waals surface area contributed by atoms with E-state index in [0.29, 0.717) is 6.42 Å². The molecule has 0 rings (SSSR count). The smallest absolute Gasteiger partial charge is 1.00 e. The van der Waals surface area contributed by atoms with Crippen LogP contribution in [-0.2, 0) is 9.53 Å². The fourth-order valence-corrected chi connectivity index (χ4v) is 2.29. The molecule has 0 saturated heterocycles. The van der Waals surface area contributed by atoms with E-state index in [2.05, 4.69) is 6.92 Å². The molecule has 0 unspecified atom stereocenters. The number of rotatable bonds is 14. The summed E-state index contributed by atoms with van der Waals surface area (Å²) in [5, 5.41) is 0. The van der Waals surface area contributed by atoms with Gasteiger partial charge in [-0.2, -0.15) is 0 Å². The van der Waals surface area contributed by atoms with Gasteiger partial charge in [0, 0.05) is 0 Å².